The molecule has 0 unspecified atom stereocenters. The minimum Gasteiger partial charge on any atom is -0.365 e. The van der Waals surface area contributed by atoms with Crippen LogP contribution in [0, 0.1) is 24.7 Å². The van der Waals surface area contributed by atoms with Crippen LogP contribution in [0.1, 0.15) is 57.4 Å². The van der Waals surface area contributed by atoms with Crippen LogP contribution in [0.3, 0.4) is 0 Å². The standard InChI is InChI=1S/C26H34ClN5O3S/c1-17-6-12-22(13-7-17)36(33,34)35-15-20-10-8-19(9-11-20)14-32-16-28-24-23(32)25(31-26(27)30-24)29-18(2)21-4-3-5-21/h6-7,12-13,16,18-21H,3-5,8-11,14-15H2,1-2H3,(H,29,30,31)/t18-,19?,20?/m1/s1. The fourth-order valence-corrected chi connectivity index (χ4v) is 6.42. The highest BCUT2D eigenvalue weighted by molar-refractivity contribution is 7.86. The van der Waals surface area contributed by atoms with Gasteiger partial charge in [0, 0.05) is 12.6 Å². The molecule has 2 fully saturated rings. The minimum atomic E-state index is -3.72. The van der Waals surface area contributed by atoms with Crippen LogP contribution < -0.4 is 5.32 Å². The Labute approximate surface area is 218 Å². The molecule has 0 amide bonds. The highest BCUT2D eigenvalue weighted by Crippen LogP contribution is 2.34. The number of halogens is 1. The van der Waals surface area contributed by atoms with E-state index in [0.29, 0.717) is 23.5 Å². The number of hydrogen-bond donors (Lipinski definition) is 1. The van der Waals surface area contributed by atoms with Crippen molar-refractivity contribution >= 4 is 38.7 Å². The van der Waals surface area contributed by atoms with E-state index >= 15 is 0 Å². The molecule has 0 aliphatic heterocycles. The van der Waals surface area contributed by atoms with Crippen molar-refractivity contribution in [3.8, 4) is 0 Å². The number of hydrogen-bond acceptors (Lipinski definition) is 7. The summed E-state index contributed by atoms with van der Waals surface area (Å²) < 4.78 is 32.6. The molecular formula is C26H34ClN5O3S. The van der Waals surface area contributed by atoms with Gasteiger partial charge in [-0.05, 0) is 93.9 Å². The lowest BCUT2D eigenvalue weighted by molar-refractivity contribution is 0.179. The lowest BCUT2D eigenvalue weighted by atomic mass is 9.80. The fraction of sp³-hybridized carbons (Fsp3) is 0.577. The van der Waals surface area contributed by atoms with Crippen LogP contribution in [-0.4, -0.2) is 40.6 Å². The summed E-state index contributed by atoms with van der Waals surface area (Å²) in [4.78, 5) is 13.6. The van der Waals surface area contributed by atoms with Crippen LogP contribution in [-0.2, 0) is 20.8 Å². The summed E-state index contributed by atoms with van der Waals surface area (Å²) in [5.74, 6) is 2.13. The van der Waals surface area contributed by atoms with E-state index in [9.17, 15) is 8.42 Å². The Bertz CT molecular complexity index is 1300. The third kappa shape index (κ3) is 5.68. The maximum Gasteiger partial charge on any atom is 0.296 e. The smallest absolute Gasteiger partial charge is 0.296 e. The van der Waals surface area contributed by atoms with Gasteiger partial charge in [0.1, 0.15) is 5.52 Å². The SMILES string of the molecule is Cc1ccc(S(=O)(=O)OCC2CCC(Cn3cnc4nc(Cl)nc(N[C@H](C)C5CCC5)c43)CC2)cc1. The molecule has 0 bridgehead atoms. The molecule has 2 aliphatic rings. The van der Waals surface area contributed by atoms with Crippen molar-refractivity contribution in [1.29, 1.82) is 0 Å². The van der Waals surface area contributed by atoms with E-state index in [0.717, 1.165) is 49.1 Å². The molecule has 2 saturated carbocycles. The van der Waals surface area contributed by atoms with Crippen LogP contribution in [0.15, 0.2) is 35.5 Å². The van der Waals surface area contributed by atoms with Crippen molar-refractivity contribution in [2.75, 3.05) is 11.9 Å². The maximum absolute atomic E-state index is 12.5. The summed E-state index contributed by atoms with van der Waals surface area (Å²) in [7, 11) is -3.72. The molecule has 1 aromatic carbocycles. The molecule has 2 aromatic heterocycles. The van der Waals surface area contributed by atoms with Crippen molar-refractivity contribution in [2.45, 2.75) is 76.3 Å². The molecule has 0 spiro atoms. The molecule has 2 heterocycles. The van der Waals surface area contributed by atoms with Gasteiger partial charge in [0.2, 0.25) is 5.28 Å². The quantitative estimate of drug-likeness (QED) is 0.283. The summed E-state index contributed by atoms with van der Waals surface area (Å²) in [5.41, 5.74) is 2.53. The zero-order valence-corrected chi connectivity index (χ0v) is 22.4. The summed E-state index contributed by atoms with van der Waals surface area (Å²) in [6.07, 6.45) is 9.50. The van der Waals surface area contributed by atoms with Crippen molar-refractivity contribution in [2.24, 2.45) is 17.8 Å². The molecule has 36 heavy (non-hydrogen) atoms. The van der Waals surface area contributed by atoms with Gasteiger partial charge in [-0.15, -0.1) is 0 Å². The Morgan fingerprint density at radius 2 is 1.78 bits per heavy atom. The number of aromatic nitrogens is 4. The van der Waals surface area contributed by atoms with Gasteiger partial charge in [-0.25, -0.2) is 4.98 Å². The van der Waals surface area contributed by atoms with Crippen LogP contribution in [0.2, 0.25) is 5.28 Å². The van der Waals surface area contributed by atoms with Crippen molar-refractivity contribution in [3.63, 3.8) is 0 Å². The van der Waals surface area contributed by atoms with Gasteiger partial charge in [-0.1, -0.05) is 24.1 Å². The van der Waals surface area contributed by atoms with Gasteiger partial charge in [0.15, 0.2) is 11.5 Å². The monoisotopic (exact) mass is 531 g/mol. The summed E-state index contributed by atoms with van der Waals surface area (Å²) in [6, 6.07) is 7.10. The molecule has 8 nitrogen and oxygen atoms in total. The molecule has 5 rings (SSSR count). The number of rotatable bonds is 9. The summed E-state index contributed by atoms with van der Waals surface area (Å²) in [6.45, 7) is 5.19. The Morgan fingerprint density at radius 3 is 2.44 bits per heavy atom. The third-order valence-corrected chi connectivity index (χ3v) is 9.32. The number of nitrogens with zero attached hydrogens (tertiary/aromatic N) is 4. The second kappa shape index (κ2) is 10.6. The third-order valence-electron chi connectivity index (χ3n) is 7.86. The van der Waals surface area contributed by atoms with E-state index in [1.807, 2.05) is 13.3 Å². The van der Waals surface area contributed by atoms with Crippen molar-refractivity contribution in [3.05, 3.63) is 41.4 Å². The first-order valence-corrected chi connectivity index (χ1v) is 14.7. The molecule has 0 radical (unpaired) electrons. The van der Waals surface area contributed by atoms with Gasteiger partial charge in [-0.3, -0.25) is 4.18 Å². The molecular weight excluding hydrogens is 498 g/mol. The number of anilines is 1. The van der Waals surface area contributed by atoms with Gasteiger partial charge >= 0.3 is 0 Å². The lowest BCUT2D eigenvalue weighted by Crippen LogP contribution is -2.31. The van der Waals surface area contributed by atoms with Gasteiger partial charge in [-0.2, -0.15) is 18.4 Å². The highest BCUT2D eigenvalue weighted by atomic mass is 35.5. The van der Waals surface area contributed by atoms with E-state index in [1.54, 1.807) is 24.3 Å². The summed E-state index contributed by atoms with van der Waals surface area (Å²) in [5, 5.41) is 3.78. The first-order valence-electron chi connectivity index (χ1n) is 12.9. The maximum atomic E-state index is 12.5. The van der Waals surface area contributed by atoms with Crippen LogP contribution in [0.25, 0.3) is 11.2 Å². The molecule has 0 saturated heterocycles. The number of imidazole rings is 1. The van der Waals surface area contributed by atoms with Crippen LogP contribution in [0.5, 0.6) is 0 Å². The zero-order valence-electron chi connectivity index (χ0n) is 20.9. The minimum absolute atomic E-state index is 0.206. The average molecular weight is 532 g/mol. The van der Waals surface area contributed by atoms with E-state index in [2.05, 4.69) is 31.8 Å². The van der Waals surface area contributed by atoms with Gasteiger partial charge < -0.3 is 9.88 Å². The topological polar surface area (TPSA) is 99.0 Å². The molecule has 1 atom stereocenters. The molecule has 1 N–H and O–H groups in total. The Hall–Kier alpha value is -2.23. The van der Waals surface area contributed by atoms with Crippen molar-refractivity contribution in [1.82, 2.24) is 19.5 Å². The second-order valence-corrected chi connectivity index (χ2v) is 12.4. The lowest BCUT2D eigenvalue weighted by Gasteiger charge is -2.32. The number of aryl methyl sites for hydroxylation is 1. The largest absolute Gasteiger partial charge is 0.365 e. The Kier molecular flexibility index (Phi) is 7.51. The normalized spacial score (nSPS) is 21.9. The predicted molar refractivity (Wildman–Crippen MR) is 141 cm³/mol. The average Bonchev–Trinajstić information content (AvgIpc) is 3.20. The number of nitrogens with one attached hydrogen (secondary N) is 1. The first-order chi connectivity index (χ1) is 17.3. The van der Waals surface area contributed by atoms with Crippen LogP contribution >= 0.6 is 11.6 Å². The zero-order chi connectivity index (χ0) is 25.3. The molecule has 194 valence electrons. The first kappa shape index (κ1) is 25.4. The Morgan fingerprint density at radius 1 is 1.08 bits per heavy atom. The van der Waals surface area contributed by atoms with E-state index < -0.39 is 10.1 Å². The van der Waals surface area contributed by atoms with Crippen LogP contribution in [0.4, 0.5) is 5.82 Å². The molecule has 3 aromatic rings. The van der Waals surface area contributed by atoms with Crippen molar-refractivity contribution < 1.29 is 12.6 Å². The Balaban J connectivity index is 1.19. The van der Waals surface area contributed by atoms with Gasteiger partial charge in [0.05, 0.1) is 17.8 Å². The van der Waals surface area contributed by atoms with E-state index in [4.69, 9.17) is 15.8 Å². The van der Waals surface area contributed by atoms with E-state index in [1.165, 1.54) is 19.3 Å². The summed E-state index contributed by atoms with van der Waals surface area (Å²) >= 11 is 6.19. The highest BCUT2D eigenvalue weighted by Gasteiger charge is 2.27. The molecule has 2 aliphatic carbocycles. The molecule has 10 heteroatoms. The number of benzene rings is 1. The fourth-order valence-electron chi connectivity index (χ4n) is 5.28. The van der Waals surface area contributed by atoms with Gasteiger partial charge in [0.25, 0.3) is 10.1 Å². The predicted octanol–water partition coefficient (Wildman–Crippen LogP) is 5.60. The van der Waals surface area contributed by atoms with E-state index in [-0.39, 0.29) is 22.7 Å². The second-order valence-electron chi connectivity index (χ2n) is 10.5. The number of fused-ring (bicyclic) bond motifs is 1.